The third-order valence-corrected chi connectivity index (χ3v) is 3.58. The molecule has 0 saturated carbocycles. The van der Waals surface area contributed by atoms with Crippen molar-refractivity contribution in [1.29, 1.82) is 0 Å². The standard InChI is InChI=1S/C17H16F2N2O4/c1-21(10-11-3-6-13(23-2)7-4-11)16(22)20-12-5-8-14-15(9-12)25-17(18,19)24-14/h3-9H,10H2,1-2H3,(H,20,22). The van der Waals surface area contributed by atoms with E-state index in [1.54, 1.807) is 26.3 Å². The van der Waals surface area contributed by atoms with E-state index in [1.165, 1.54) is 23.1 Å². The van der Waals surface area contributed by atoms with Crippen molar-refractivity contribution in [2.45, 2.75) is 12.8 Å². The van der Waals surface area contributed by atoms with Crippen molar-refractivity contribution < 1.29 is 27.8 Å². The van der Waals surface area contributed by atoms with Gasteiger partial charge in [-0.3, -0.25) is 0 Å². The van der Waals surface area contributed by atoms with Crippen LogP contribution >= 0.6 is 0 Å². The number of ether oxygens (including phenoxy) is 3. The molecule has 2 aromatic rings. The van der Waals surface area contributed by atoms with Gasteiger partial charge >= 0.3 is 12.3 Å². The van der Waals surface area contributed by atoms with E-state index in [-0.39, 0.29) is 17.5 Å². The number of benzene rings is 2. The molecule has 0 spiro atoms. The average Bonchev–Trinajstić information content (AvgIpc) is 2.88. The highest BCUT2D eigenvalue weighted by Crippen LogP contribution is 2.42. The summed E-state index contributed by atoms with van der Waals surface area (Å²) in [6, 6.07) is 11.0. The number of hydrogen-bond donors (Lipinski definition) is 1. The van der Waals surface area contributed by atoms with Gasteiger partial charge in [0.25, 0.3) is 0 Å². The molecular formula is C17H16F2N2O4. The molecule has 0 atom stereocenters. The van der Waals surface area contributed by atoms with Gasteiger partial charge in [0.05, 0.1) is 7.11 Å². The van der Waals surface area contributed by atoms with Crippen LogP contribution in [-0.2, 0) is 6.54 Å². The van der Waals surface area contributed by atoms with E-state index in [2.05, 4.69) is 14.8 Å². The number of methoxy groups -OCH3 is 1. The molecule has 0 aromatic heterocycles. The first-order valence-corrected chi connectivity index (χ1v) is 7.41. The van der Waals surface area contributed by atoms with Crippen LogP contribution in [0.25, 0.3) is 0 Å². The molecular weight excluding hydrogens is 334 g/mol. The SMILES string of the molecule is COc1ccc(CN(C)C(=O)Nc2ccc3c(c2)OC(F)(F)O3)cc1. The molecule has 0 aliphatic carbocycles. The van der Waals surface area contributed by atoms with E-state index in [1.807, 2.05) is 12.1 Å². The van der Waals surface area contributed by atoms with E-state index in [0.717, 1.165) is 11.3 Å². The van der Waals surface area contributed by atoms with Crippen molar-refractivity contribution in [2.75, 3.05) is 19.5 Å². The lowest BCUT2D eigenvalue weighted by molar-refractivity contribution is -0.286. The summed E-state index contributed by atoms with van der Waals surface area (Å²) in [6.07, 6.45) is -3.68. The van der Waals surface area contributed by atoms with Crippen LogP contribution in [0.2, 0.25) is 0 Å². The number of halogens is 2. The fraction of sp³-hybridized carbons (Fsp3) is 0.235. The van der Waals surface area contributed by atoms with Crippen molar-refractivity contribution >= 4 is 11.7 Å². The van der Waals surface area contributed by atoms with Crippen LogP contribution < -0.4 is 19.5 Å². The highest BCUT2D eigenvalue weighted by molar-refractivity contribution is 5.89. The third kappa shape index (κ3) is 3.90. The number of amides is 2. The Morgan fingerprint density at radius 1 is 1.16 bits per heavy atom. The zero-order valence-electron chi connectivity index (χ0n) is 13.6. The molecule has 3 rings (SSSR count). The number of hydrogen-bond acceptors (Lipinski definition) is 4. The van der Waals surface area contributed by atoms with Crippen molar-refractivity contribution in [2.24, 2.45) is 0 Å². The second kappa shape index (κ2) is 6.46. The number of anilines is 1. The molecule has 25 heavy (non-hydrogen) atoms. The Balaban J connectivity index is 1.62. The second-order valence-corrected chi connectivity index (χ2v) is 5.46. The smallest absolute Gasteiger partial charge is 0.497 e. The molecule has 6 nitrogen and oxygen atoms in total. The summed E-state index contributed by atoms with van der Waals surface area (Å²) in [5.74, 6) is 0.531. The van der Waals surface area contributed by atoms with Crippen molar-refractivity contribution in [3.8, 4) is 17.2 Å². The number of nitrogens with one attached hydrogen (secondary N) is 1. The molecule has 0 saturated heterocycles. The lowest BCUT2D eigenvalue weighted by atomic mass is 10.2. The molecule has 2 aromatic carbocycles. The van der Waals surface area contributed by atoms with Crippen LogP contribution in [0.3, 0.4) is 0 Å². The van der Waals surface area contributed by atoms with E-state index >= 15 is 0 Å². The van der Waals surface area contributed by atoms with E-state index in [9.17, 15) is 13.6 Å². The van der Waals surface area contributed by atoms with Gasteiger partial charge < -0.3 is 24.4 Å². The van der Waals surface area contributed by atoms with Crippen LogP contribution in [0.1, 0.15) is 5.56 Å². The fourth-order valence-corrected chi connectivity index (χ4v) is 2.32. The maximum atomic E-state index is 13.0. The molecule has 2 amide bonds. The normalized spacial score (nSPS) is 14.1. The van der Waals surface area contributed by atoms with Gasteiger partial charge in [0.1, 0.15) is 5.75 Å². The first kappa shape index (κ1) is 16.8. The largest absolute Gasteiger partial charge is 0.586 e. The van der Waals surface area contributed by atoms with Gasteiger partial charge in [0, 0.05) is 25.3 Å². The van der Waals surface area contributed by atoms with Gasteiger partial charge in [-0.25, -0.2) is 4.79 Å². The molecule has 8 heteroatoms. The maximum absolute atomic E-state index is 13.0. The Hall–Kier alpha value is -3.03. The van der Waals surface area contributed by atoms with Crippen LogP contribution in [-0.4, -0.2) is 31.4 Å². The van der Waals surface area contributed by atoms with Gasteiger partial charge in [0.15, 0.2) is 11.5 Å². The van der Waals surface area contributed by atoms with Crippen molar-refractivity contribution in [3.05, 3.63) is 48.0 Å². The lowest BCUT2D eigenvalue weighted by Gasteiger charge is -2.18. The number of fused-ring (bicyclic) bond motifs is 1. The van der Waals surface area contributed by atoms with E-state index in [4.69, 9.17) is 4.74 Å². The van der Waals surface area contributed by atoms with Gasteiger partial charge in [0.2, 0.25) is 0 Å². The summed E-state index contributed by atoms with van der Waals surface area (Å²) in [6.45, 7) is 0.373. The molecule has 1 aliphatic heterocycles. The van der Waals surface area contributed by atoms with Gasteiger partial charge in [-0.1, -0.05) is 12.1 Å². The van der Waals surface area contributed by atoms with Gasteiger partial charge in [-0.2, -0.15) is 0 Å². The second-order valence-electron chi connectivity index (χ2n) is 5.46. The minimum Gasteiger partial charge on any atom is -0.497 e. The third-order valence-electron chi connectivity index (χ3n) is 3.58. The minimum atomic E-state index is -3.68. The predicted octanol–water partition coefficient (Wildman–Crippen LogP) is 3.68. The Morgan fingerprint density at radius 2 is 1.84 bits per heavy atom. The molecule has 132 valence electrons. The lowest BCUT2D eigenvalue weighted by Crippen LogP contribution is -2.30. The molecule has 0 fully saturated rings. The molecule has 0 unspecified atom stereocenters. The Morgan fingerprint density at radius 3 is 2.52 bits per heavy atom. The Labute approximate surface area is 142 Å². The number of alkyl halides is 2. The topological polar surface area (TPSA) is 60.0 Å². The van der Waals surface area contributed by atoms with E-state index in [0.29, 0.717) is 12.2 Å². The monoisotopic (exact) mass is 350 g/mol. The number of nitrogens with zero attached hydrogens (tertiary/aromatic N) is 1. The summed E-state index contributed by atoms with van der Waals surface area (Å²) in [7, 11) is 3.20. The fourth-order valence-electron chi connectivity index (χ4n) is 2.32. The summed E-state index contributed by atoms with van der Waals surface area (Å²) in [4.78, 5) is 13.7. The summed E-state index contributed by atoms with van der Waals surface area (Å²) < 4.78 is 39.8. The van der Waals surface area contributed by atoms with Gasteiger partial charge in [-0.05, 0) is 29.8 Å². The van der Waals surface area contributed by atoms with E-state index < -0.39 is 6.29 Å². The van der Waals surface area contributed by atoms with Crippen LogP contribution in [0.15, 0.2) is 42.5 Å². The number of carbonyl (C=O) groups excluding carboxylic acids is 1. The zero-order chi connectivity index (χ0) is 18.0. The average molecular weight is 350 g/mol. The van der Waals surface area contributed by atoms with Crippen LogP contribution in [0, 0.1) is 0 Å². The first-order chi connectivity index (χ1) is 11.9. The summed E-state index contributed by atoms with van der Waals surface area (Å²) in [5, 5.41) is 2.62. The quantitative estimate of drug-likeness (QED) is 0.914. The number of carbonyl (C=O) groups is 1. The highest BCUT2D eigenvalue weighted by atomic mass is 19.3. The molecule has 0 bridgehead atoms. The summed E-state index contributed by atoms with van der Waals surface area (Å²) in [5.41, 5.74) is 1.25. The van der Waals surface area contributed by atoms with Crippen LogP contribution in [0.5, 0.6) is 17.2 Å². The van der Waals surface area contributed by atoms with Crippen LogP contribution in [0.4, 0.5) is 19.3 Å². The summed E-state index contributed by atoms with van der Waals surface area (Å²) >= 11 is 0. The Bertz CT molecular complexity index is 781. The predicted molar refractivity (Wildman–Crippen MR) is 86.1 cm³/mol. The molecule has 1 N–H and O–H groups in total. The minimum absolute atomic E-state index is 0.0745. The number of rotatable bonds is 4. The number of urea groups is 1. The van der Waals surface area contributed by atoms with Gasteiger partial charge in [-0.15, -0.1) is 8.78 Å². The zero-order valence-corrected chi connectivity index (χ0v) is 13.6. The maximum Gasteiger partial charge on any atom is 0.586 e. The Kier molecular flexibility index (Phi) is 4.35. The molecule has 0 radical (unpaired) electrons. The molecule has 1 heterocycles. The highest BCUT2D eigenvalue weighted by Gasteiger charge is 2.43. The van der Waals surface area contributed by atoms with Crippen molar-refractivity contribution in [3.63, 3.8) is 0 Å². The first-order valence-electron chi connectivity index (χ1n) is 7.41. The molecule has 1 aliphatic rings. The van der Waals surface area contributed by atoms with Crippen molar-refractivity contribution in [1.82, 2.24) is 4.90 Å².